The Bertz CT molecular complexity index is 244. The van der Waals surface area contributed by atoms with Gasteiger partial charge in [0, 0.05) is 19.1 Å². The van der Waals surface area contributed by atoms with Gasteiger partial charge in [-0.15, -0.1) is 0 Å². The smallest absolute Gasteiger partial charge is 0.0869 e. The average Bonchev–Trinajstić information content (AvgIpc) is 2.51. The van der Waals surface area contributed by atoms with Crippen LogP contribution in [0, 0.1) is 0 Å². The quantitative estimate of drug-likeness (QED) is 0.729. The molecule has 2 N–H and O–H groups in total. The Labute approximate surface area is 119 Å². The van der Waals surface area contributed by atoms with E-state index in [1.807, 2.05) is 25.9 Å². The Kier molecular flexibility index (Phi) is 7.29. The first-order valence-electron chi connectivity index (χ1n) is 7.76. The molecule has 1 heterocycles. The molecule has 2 atom stereocenters. The molecule has 1 aliphatic heterocycles. The molecule has 0 saturated carbocycles. The second-order valence-electron chi connectivity index (χ2n) is 6.59. The van der Waals surface area contributed by atoms with E-state index in [-0.39, 0.29) is 0 Å². The van der Waals surface area contributed by atoms with E-state index in [1.165, 1.54) is 45.3 Å². The molecule has 0 amide bonds. The summed E-state index contributed by atoms with van der Waals surface area (Å²) < 4.78 is 0. The standard InChI is InChI=1S/C15H33N3O/c1-5-9-18-10-6-7-14(8-11-18)16-12-15(2,19)13-17(3)4/h14,16,19H,5-13H2,1-4H3. The van der Waals surface area contributed by atoms with Gasteiger partial charge in [0.25, 0.3) is 0 Å². The van der Waals surface area contributed by atoms with Crippen molar-refractivity contribution in [3.63, 3.8) is 0 Å². The van der Waals surface area contributed by atoms with E-state index < -0.39 is 5.60 Å². The minimum absolute atomic E-state index is 0.565. The van der Waals surface area contributed by atoms with E-state index in [0.717, 1.165) is 0 Å². The van der Waals surface area contributed by atoms with E-state index >= 15 is 0 Å². The van der Waals surface area contributed by atoms with E-state index in [1.54, 1.807) is 0 Å². The van der Waals surface area contributed by atoms with Gasteiger partial charge in [0.15, 0.2) is 0 Å². The molecule has 0 aromatic rings. The molecular weight excluding hydrogens is 238 g/mol. The fourth-order valence-corrected chi connectivity index (χ4v) is 3.00. The molecule has 0 aromatic heterocycles. The third-order valence-electron chi connectivity index (χ3n) is 3.79. The van der Waals surface area contributed by atoms with Gasteiger partial charge in [-0.1, -0.05) is 6.92 Å². The van der Waals surface area contributed by atoms with Crippen molar-refractivity contribution in [3.8, 4) is 0 Å². The van der Waals surface area contributed by atoms with Crippen molar-refractivity contribution in [2.24, 2.45) is 0 Å². The topological polar surface area (TPSA) is 38.7 Å². The highest BCUT2D eigenvalue weighted by Crippen LogP contribution is 2.12. The number of nitrogens with zero attached hydrogens (tertiary/aromatic N) is 2. The van der Waals surface area contributed by atoms with Crippen molar-refractivity contribution < 1.29 is 5.11 Å². The summed E-state index contributed by atoms with van der Waals surface area (Å²) in [4.78, 5) is 4.61. The maximum atomic E-state index is 10.3. The highest BCUT2D eigenvalue weighted by molar-refractivity contribution is 4.82. The molecule has 0 aliphatic carbocycles. The zero-order valence-electron chi connectivity index (χ0n) is 13.3. The predicted molar refractivity (Wildman–Crippen MR) is 81.6 cm³/mol. The summed E-state index contributed by atoms with van der Waals surface area (Å²) in [5, 5.41) is 13.9. The zero-order valence-corrected chi connectivity index (χ0v) is 13.3. The number of hydrogen-bond acceptors (Lipinski definition) is 4. The normalized spacial score (nSPS) is 25.3. The van der Waals surface area contributed by atoms with Crippen LogP contribution in [0.4, 0.5) is 0 Å². The zero-order chi connectivity index (χ0) is 14.3. The fourth-order valence-electron chi connectivity index (χ4n) is 3.00. The number of likely N-dealkylation sites (N-methyl/N-ethyl adjacent to an activating group) is 1. The maximum absolute atomic E-state index is 10.3. The summed E-state index contributed by atoms with van der Waals surface area (Å²) >= 11 is 0. The second kappa shape index (κ2) is 8.20. The van der Waals surface area contributed by atoms with Gasteiger partial charge in [0.2, 0.25) is 0 Å². The molecule has 1 fully saturated rings. The maximum Gasteiger partial charge on any atom is 0.0869 e. The molecule has 0 bridgehead atoms. The third-order valence-corrected chi connectivity index (χ3v) is 3.79. The summed E-state index contributed by atoms with van der Waals surface area (Å²) in [5.41, 5.74) is -0.640. The Hall–Kier alpha value is -0.160. The van der Waals surface area contributed by atoms with Gasteiger partial charge in [-0.05, 0) is 66.3 Å². The molecule has 1 aliphatic rings. The average molecular weight is 271 g/mol. The Morgan fingerprint density at radius 3 is 2.68 bits per heavy atom. The number of nitrogens with one attached hydrogen (secondary N) is 1. The first kappa shape index (κ1) is 16.9. The van der Waals surface area contributed by atoms with Gasteiger partial charge in [-0.3, -0.25) is 0 Å². The van der Waals surface area contributed by atoms with Crippen LogP contribution in [0.25, 0.3) is 0 Å². The van der Waals surface area contributed by atoms with Gasteiger partial charge in [-0.2, -0.15) is 0 Å². The largest absolute Gasteiger partial charge is 0.388 e. The first-order valence-corrected chi connectivity index (χ1v) is 7.76. The van der Waals surface area contributed by atoms with Crippen molar-refractivity contribution in [1.82, 2.24) is 15.1 Å². The van der Waals surface area contributed by atoms with Crippen LogP contribution in [0.3, 0.4) is 0 Å². The number of rotatable bonds is 7. The van der Waals surface area contributed by atoms with Crippen LogP contribution in [0.2, 0.25) is 0 Å². The van der Waals surface area contributed by atoms with E-state index in [0.29, 0.717) is 19.1 Å². The van der Waals surface area contributed by atoms with Crippen molar-refractivity contribution in [2.75, 3.05) is 46.8 Å². The predicted octanol–water partition coefficient (Wildman–Crippen LogP) is 1.15. The van der Waals surface area contributed by atoms with Gasteiger partial charge < -0.3 is 20.2 Å². The highest BCUT2D eigenvalue weighted by Gasteiger charge is 2.23. The molecule has 0 radical (unpaired) electrons. The lowest BCUT2D eigenvalue weighted by atomic mass is 10.0. The Morgan fingerprint density at radius 2 is 2.05 bits per heavy atom. The monoisotopic (exact) mass is 271 g/mol. The lowest BCUT2D eigenvalue weighted by molar-refractivity contribution is 0.0309. The summed E-state index contributed by atoms with van der Waals surface area (Å²) in [6.45, 7) is 9.21. The van der Waals surface area contributed by atoms with Crippen molar-refractivity contribution in [1.29, 1.82) is 0 Å². The van der Waals surface area contributed by atoms with E-state index in [4.69, 9.17) is 0 Å². The molecule has 1 rings (SSSR count). The Morgan fingerprint density at radius 1 is 1.32 bits per heavy atom. The van der Waals surface area contributed by atoms with Gasteiger partial charge in [0.1, 0.15) is 0 Å². The molecule has 2 unspecified atom stereocenters. The van der Waals surface area contributed by atoms with Crippen molar-refractivity contribution >= 4 is 0 Å². The van der Waals surface area contributed by atoms with Crippen molar-refractivity contribution in [3.05, 3.63) is 0 Å². The van der Waals surface area contributed by atoms with Crippen LogP contribution in [0.1, 0.15) is 39.5 Å². The molecule has 0 spiro atoms. The van der Waals surface area contributed by atoms with Crippen LogP contribution < -0.4 is 5.32 Å². The van der Waals surface area contributed by atoms with Gasteiger partial charge in [0.05, 0.1) is 5.60 Å². The van der Waals surface area contributed by atoms with Crippen LogP contribution >= 0.6 is 0 Å². The molecule has 114 valence electrons. The molecule has 1 saturated heterocycles. The summed E-state index contributed by atoms with van der Waals surface area (Å²) in [7, 11) is 4.01. The molecular formula is C15H33N3O. The molecule has 19 heavy (non-hydrogen) atoms. The number of likely N-dealkylation sites (tertiary alicyclic amines) is 1. The van der Waals surface area contributed by atoms with Crippen LogP contribution in [0.15, 0.2) is 0 Å². The van der Waals surface area contributed by atoms with Crippen molar-refractivity contribution in [2.45, 2.75) is 51.2 Å². The lowest BCUT2D eigenvalue weighted by Gasteiger charge is -2.29. The van der Waals surface area contributed by atoms with Crippen LogP contribution in [-0.2, 0) is 0 Å². The third kappa shape index (κ3) is 7.25. The molecule has 4 nitrogen and oxygen atoms in total. The number of hydrogen-bond donors (Lipinski definition) is 2. The lowest BCUT2D eigenvalue weighted by Crippen LogP contribution is -2.48. The van der Waals surface area contributed by atoms with E-state index in [2.05, 4.69) is 17.1 Å². The molecule has 0 aromatic carbocycles. The SMILES string of the molecule is CCCN1CCCC(NCC(C)(O)CN(C)C)CC1. The van der Waals surface area contributed by atoms with Crippen LogP contribution in [0.5, 0.6) is 0 Å². The first-order chi connectivity index (χ1) is 8.93. The Balaban J connectivity index is 2.29. The highest BCUT2D eigenvalue weighted by atomic mass is 16.3. The number of aliphatic hydroxyl groups is 1. The molecule has 4 heteroatoms. The van der Waals surface area contributed by atoms with Crippen LogP contribution in [-0.4, -0.2) is 73.4 Å². The van der Waals surface area contributed by atoms with E-state index in [9.17, 15) is 5.11 Å². The summed E-state index contributed by atoms with van der Waals surface area (Å²) in [6.07, 6.45) is 4.96. The summed E-state index contributed by atoms with van der Waals surface area (Å²) in [5.74, 6) is 0. The fraction of sp³-hybridized carbons (Fsp3) is 1.00. The second-order valence-corrected chi connectivity index (χ2v) is 6.59. The minimum Gasteiger partial charge on any atom is -0.388 e. The van der Waals surface area contributed by atoms with Gasteiger partial charge >= 0.3 is 0 Å². The van der Waals surface area contributed by atoms with Gasteiger partial charge in [-0.25, -0.2) is 0 Å². The summed E-state index contributed by atoms with van der Waals surface area (Å²) in [6, 6.07) is 0.565. The minimum atomic E-state index is -0.640.